The highest BCUT2D eigenvalue weighted by Crippen LogP contribution is 2.36. The topological polar surface area (TPSA) is 35.8 Å². The van der Waals surface area contributed by atoms with Crippen molar-refractivity contribution in [1.29, 1.82) is 5.26 Å². The highest BCUT2D eigenvalue weighted by molar-refractivity contribution is 7.99. The molecule has 0 saturated heterocycles. The van der Waals surface area contributed by atoms with Crippen LogP contribution in [0.25, 0.3) is 0 Å². The van der Waals surface area contributed by atoms with Crippen LogP contribution in [-0.4, -0.2) is 17.3 Å². The average Bonchev–Trinajstić information content (AvgIpc) is 2.51. The molecule has 1 saturated carbocycles. The zero-order valence-corrected chi connectivity index (χ0v) is 14.0. The average molecular weight is 302 g/mol. The maximum absolute atomic E-state index is 9.59. The molecule has 1 fully saturated rings. The highest BCUT2D eigenvalue weighted by atomic mass is 32.2. The van der Waals surface area contributed by atoms with Gasteiger partial charge in [-0.25, -0.2) is 0 Å². The molecule has 2 unspecified atom stereocenters. The van der Waals surface area contributed by atoms with Gasteiger partial charge < -0.3 is 0 Å². The van der Waals surface area contributed by atoms with Crippen LogP contribution in [0.4, 0.5) is 0 Å². The van der Waals surface area contributed by atoms with Crippen molar-refractivity contribution >= 4 is 11.8 Å². The van der Waals surface area contributed by atoms with Crippen LogP contribution in [0.2, 0.25) is 0 Å². The first kappa shape index (κ1) is 16.4. The van der Waals surface area contributed by atoms with Gasteiger partial charge in [-0.2, -0.15) is 17.0 Å². The van der Waals surface area contributed by atoms with Crippen molar-refractivity contribution in [2.45, 2.75) is 62.5 Å². The lowest BCUT2D eigenvalue weighted by Crippen LogP contribution is -2.48. The lowest BCUT2D eigenvalue weighted by atomic mass is 9.82. The van der Waals surface area contributed by atoms with E-state index < -0.39 is 0 Å². The van der Waals surface area contributed by atoms with Gasteiger partial charge in [0, 0.05) is 11.0 Å². The number of aryl methyl sites for hydroxylation is 1. The van der Waals surface area contributed by atoms with Gasteiger partial charge in [-0.05, 0) is 51.1 Å². The Bertz CT molecular complexity index is 494. The number of hydrogen-bond donors (Lipinski definition) is 1. The number of benzene rings is 1. The van der Waals surface area contributed by atoms with Crippen molar-refractivity contribution in [2.24, 2.45) is 0 Å². The predicted molar refractivity (Wildman–Crippen MR) is 91.4 cm³/mol. The summed E-state index contributed by atoms with van der Waals surface area (Å²) in [6, 6.07) is 11.3. The molecule has 0 aliphatic heterocycles. The summed E-state index contributed by atoms with van der Waals surface area (Å²) in [7, 11) is 0. The maximum Gasteiger partial charge on any atom is 0.107 e. The summed E-state index contributed by atoms with van der Waals surface area (Å²) in [4.78, 5) is 0. The molecule has 0 aromatic heterocycles. The minimum Gasteiger partial charge on any atom is -0.299 e. The molecule has 21 heavy (non-hydrogen) atoms. The lowest BCUT2D eigenvalue weighted by molar-refractivity contribution is 0.305. The molecule has 2 atom stereocenters. The van der Waals surface area contributed by atoms with Gasteiger partial charge in [-0.3, -0.25) is 5.32 Å². The minimum absolute atomic E-state index is 0.279. The Labute approximate surface area is 133 Å². The van der Waals surface area contributed by atoms with E-state index in [0.29, 0.717) is 5.25 Å². The van der Waals surface area contributed by atoms with Gasteiger partial charge >= 0.3 is 0 Å². The van der Waals surface area contributed by atoms with Crippen molar-refractivity contribution < 1.29 is 0 Å². The summed E-state index contributed by atoms with van der Waals surface area (Å²) < 4.78 is 0. The molecular formula is C18H26N2S. The second kappa shape index (κ2) is 7.87. The van der Waals surface area contributed by atoms with E-state index in [9.17, 15) is 5.26 Å². The van der Waals surface area contributed by atoms with Gasteiger partial charge in [0.25, 0.3) is 0 Å². The molecule has 2 rings (SSSR count). The Morgan fingerprint density at radius 3 is 3.05 bits per heavy atom. The van der Waals surface area contributed by atoms with Crippen molar-refractivity contribution in [1.82, 2.24) is 5.32 Å². The summed E-state index contributed by atoms with van der Waals surface area (Å²) in [5.74, 6) is 1.06. The zero-order valence-electron chi connectivity index (χ0n) is 13.2. The molecule has 1 N–H and O–H groups in total. The number of nitriles is 1. The van der Waals surface area contributed by atoms with Gasteiger partial charge in [0.1, 0.15) is 5.54 Å². The molecule has 1 aliphatic rings. The molecule has 0 amide bonds. The second-order valence-corrected chi connectivity index (χ2v) is 7.43. The molecule has 0 bridgehead atoms. The van der Waals surface area contributed by atoms with E-state index in [0.717, 1.165) is 38.0 Å². The summed E-state index contributed by atoms with van der Waals surface area (Å²) in [6.07, 6.45) is 5.49. The lowest BCUT2D eigenvalue weighted by Gasteiger charge is -2.36. The number of thioether (sulfide) groups is 1. The monoisotopic (exact) mass is 302 g/mol. The Hall–Kier alpha value is -0.980. The first-order valence-corrected chi connectivity index (χ1v) is 9.06. The van der Waals surface area contributed by atoms with E-state index in [1.54, 1.807) is 0 Å². The molecular weight excluding hydrogens is 276 g/mol. The molecule has 0 radical (unpaired) electrons. The first-order valence-electron chi connectivity index (χ1n) is 8.01. The maximum atomic E-state index is 9.59. The number of hydrogen-bond acceptors (Lipinski definition) is 3. The van der Waals surface area contributed by atoms with E-state index in [4.69, 9.17) is 0 Å². The predicted octanol–water partition coefficient (Wildman–Crippen LogP) is 4.43. The van der Waals surface area contributed by atoms with Gasteiger partial charge in [-0.15, -0.1) is 0 Å². The van der Waals surface area contributed by atoms with Gasteiger partial charge in [-0.1, -0.05) is 36.8 Å². The van der Waals surface area contributed by atoms with Crippen LogP contribution in [0.3, 0.4) is 0 Å². The van der Waals surface area contributed by atoms with Gasteiger partial charge in [0.05, 0.1) is 6.07 Å². The molecule has 3 heteroatoms. The zero-order chi connectivity index (χ0) is 15.1. The normalized spacial score (nSPS) is 25.5. The molecule has 2 nitrogen and oxygen atoms in total. The second-order valence-electron chi connectivity index (χ2n) is 6.14. The smallest absolute Gasteiger partial charge is 0.107 e. The van der Waals surface area contributed by atoms with Crippen molar-refractivity contribution in [3.05, 3.63) is 35.4 Å². The minimum atomic E-state index is -0.279. The Morgan fingerprint density at radius 1 is 1.48 bits per heavy atom. The van der Waals surface area contributed by atoms with Gasteiger partial charge in [0.15, 0.2) is 0 Å². The van der Waals surface area contributed by atoms with Gasteiger partial charge in [0.2, 0.25) is 0 Å². The summed E-state index contributed by atoms with van der Waals surface area (Å²) in [5.41, 5.74) is 2.45. The van der Waals surface area contributed by atoms with Crippen molar-refractivity contribution in [2.75, 3.05) is 6.54 Å². The van der Waals surface area contributed by atoms with Crippen LogP contribution in [0.1, 0.15) is 50.2 Å². The summed E-state index contributed by atoms with van der Waals surface area (Å²) >= 11 is 2.02. The Balaban J connectivity index is 1.90. The number of nitrogens with zero attached hydrogens (tertiary/aromatic N) is 1. The largest absolute Gasteiger partial charge is 0.299 e. The summed E-state index contributed by atoms with van der Waals surface area (Å²) in [5, 5.41) is 13.7. The number of rotatable bonds is 6. The third-order valence-corrected chi connectivity index (χ3v) is 5.58. The fourth-order valence-electron chi connectivity index (χ4n) is 3.05. The standard InChI is InChI=1S/C18H26N2S/c1-3-10-20-18(14-19)9-5-8-17(12-18)21-13-16-7-4-6-15(2)11-16/h4,6-7,11,17,20H,3,5,8-10,12-13H2,1-2H3. The molecule has 0 heterocycles. The Morgan fingerprint density at radius 2 is 2.33 bits per heavy atom. The quantitative estimate of drug-likeness (QED) is 0.844. The number of nitrogens with one attached hydrogen (secondary N) is 1. The molecule has 1 aliphatic carbocycles. The third-order valence-electron chi connectivity index (χ3n) is 4.20. The van der Waals surface area contributed by atoms with Crippen LogP contribution in [0, 0.1) is 18.3 Å². The molecule has 1 aromatic rings. The van der Waals surface area contributed by atoms with Crippen LogP contribution in [-0.2, 0) is 5.75 Å². The van der Waals surface area contributed by atoms with Crippen LogP contribution in [0.5, 0.6) is 0 Å². The van der Waals surface area contributed by atoms with E-state index in [2.05, 4.69) is 49.5 Å². The van der Waals surface area contributed by atoms with E-state index in [-0.39, 0.29) is 5.54 Å². The van der Waals surface area contributed by atoms with E-state index in [1.807, 2.05) is 11.8 Å². The van der Waals surface area contributed by atoms with E-state index in [1.165, 1.54) is 17.5 Å². The van der Waals surface area contributed by atoms with Crippen LogP contribution < -0.4 is 5.32 Å². The fraction of sp³-hybridized carbons (Fsp3) is 0.611. The van der Waals surface area contributed by atoms with Crippen molar-refractivity contribution in [3.63, 3.8) is 0 Å². The molecule has 114 valence electrons. The Kier molecular flexibility index (Phi) is 6.14. The SMILES string of the molecule is CCCNC1(C#N)CCCC(SCc2cccc(C)c2)C1. The van der Waals surface area contributed by atoms with Crippen LogP contribution >= 0.6 is 11.8 Å². The molecule has 0 spiro atoms. The molecule has 1 aromatic carbocycles. The first-order chi connectivity index (χ1) is 10.2. The van der Waals surface area contributed by atoms with Crippen molar-refractivity contribution in [3.8, 4) is 6.07 Å². The van der Waals surface area contributed by atoms with E-state index >= 15 is 0 Å². The third kappa shape index (κ3) is 4.76. The fourth-order valence-corrected chi connectivity index (χ4v) is 4.39. The highest BCUT2D eigenvalue weighted by Gasteiger charge is 2.36. The summed E-state index contributed by atoms with van der Waals surface area (Å²) in [6.45, 7) is 5.25. The van der Waals surface area contributed by atoms with Crippen LogP contribution in [0.15, 0.2) is 24.3 Å².